The van der Waals surface area contributed by atoms with E-state index < -0.39 is 6.10 Å². The molecule has 1 aromatic rings. The average molecular weight is 249 g/mol. The zero-order valence-corrected chi connectivity index (χ0v) is 11.3. The number of nitrogens with zero attached hydrogens (tertiary/aromatic N) is 1. The fourth-order valence-corrected chi connectivity index (χ4v) is 2.89. The van der Waals surface area contributed by atoms with Crippen LogP contribution in [-0.2, 0) is 0 Å². The second-order valence-electron chi connectivity index (χ2n) is 5.18. The van der Waals surface area contributed by atoms with Crippen molar-refractivity contribution in [2.24, 2.45) is 11.8 Å². The average Bonchev–Trinajstić information content (AvgIpc) is 2.87. The van der Waals surface area contributed by atoms with Gasteiger partial charge in [0, 0.05) is 11.8 Å². The highest BCUT2D eigenvalue weighted by molar-refractivity contribution is 5.25. The maximum atomic E-state index is 10.4. The van der Waals surface area contributed by atoms with Crippen molar-refractivity contribution in [3.05, 3.63) is 24.0 Å². The normalized spacial score (nSPS) is 25.1. The molecule has 1 fully saturated rings. The number of hydrogen-bond acceptors (Lipinski definition) is 3. The van der Waals surface area contributed by atoms with Gasteiger partial charge in [0.2, 0.25) is 0 Å². The van der Waals surface area contributed by atoms with Gasteiger partial charge < -0.3 is 9.84 Å². The van der Waals surface area contributed by atoms with Crippen LogP contribution in [0.15, 0.2) is 18.5 Å². The lowest BCUT2D eigenvalue weighted by atomic mass is 9.94. The van der Waals surface area contributed by atoms with Crippen LogP contribution in [0.4, 0.5) is 0 Å². The summed E-state index contributed by atoms with van der Waals surface area (Å²) in [4.78, 5) is 4.15. The molecule has 2 rings (SSSR count). The first-order chi connectivity index (χ1) is 8.74. The Morgan fingerprint density at radius 2 is 2.22 bits per heavy atom. The van der Waals surface area contributed by atoms with Crippen LogP contribution in [0.5, 0.6) is 5.75 Å². The first kappa shape index (κ1) is 13.3. The van der Waals surface area contributed by atoms with E-state index in [1.165, 1.54) is 12.8 Å². The Kier molecular flexibility index (Phi) is 4.59. The van der Waals surface area contributed by atoms with Crippen molar-refractivity contribution >= 4 is 0 Å². The van der Waals surface area contributed by atoms with Gasteiger partial charge in [-0.2, -0.15) is 0 Å². The minimum Gasteiger partial charge on any atom is -0.492 e. The molecule has 1 saturated carbocycles. The van der Waals surface area contributed by atoms with Gasteiger partial charge in [-0.25, -0.2) is 0 Å². The van der Waals surface area contributed by atoms with Gasteiger partial charge in [-0.1, -0.05) is 19.8 Å². The zero-order valence-electron chi connectivity index (χ0n) is 11.3. The molecular formula is C15H23NO2. The van der Waals surface area contributed by atoms with Crippen molar-refractivity contribution in [3.8, 4) is 5.75 Å². The van der Waals surface area contributed by atoms with Gasteiger partial charge in [0.25, 0.3) is 0 Å². The molecule has 3 unspecified atom stereocenters. The number of aliphatic hydroxyl groups excluding tert-OH is 1. The van der Waals surface area contributed by atoms with Crippen molar-refractivity contribution in [2.45, 2.75) is 45.6 Å². The highest BCUT2D eigenvalue weighted by Gasteiger charge is 2.30. The Bertz CT molecular complexity index is 381. The molecule has 3 atom stereocenters. The van der Waals surface area contributed by atoms with Crippen LogP contribution in [0.1, 0.15) is 51.2 Å². The highest BCUT2D eigenvalue weighted by atomic mass is 16.5. The minimum absolute atomic E-state index is 0.383. The molecule has 0 bridgehead atoms. The summed E-state index contributed by atoms with van der Waals surface area (Å²) in [6.45, 7) is 4.81. The molecule has 1 N–H and O–H groups in total. The summed E-state index contributed by atoms with van der Waals surface area (Å²) in [5.74, 6) is 1.92. The molecule has 0 saturated heterocycles. The zero-order chi connectivity index (χ0) is 13.0. The standard InChI is InChI=1S/C15H23NO2/c1-3-11-5-6-12(7-11)15(17)13-8-14(18-4-2)10-16-9-13/h8-12,15,17H,3-7H2,1-2H3. The van der Waals surface area contributed by atoms with Crippen molar-refractivity contribution in [1.82, 2.24) is 4.98 Å². The van der Waals surface area contributed by atoms with Crippen LogP contribution in [0.25, 0.3) is 0 Å². The smallest absolute Gasteiger partial charge is 0.137 e. The van der Waals surface area contributed by atoms with E-state index in [-0.39, 0.29) is 0 Å². The monoisotopic (exact) mass is 249 g/mol. The molecule has 0 spiro atoms. The SMILES string of the molecule is CCOc1cncc(C(O)C2CCC(CC)C2)c1. The van der Waals surface area contributed by atoms with Crippen LogP contribution in [0.3, 0.4) is 0 Å². The van der Waals surface area contributed by atoms with E-state index in [0.717, 1.165) is 30.1 Å². The van der Waals surface area contributed by atoms with Crippen LogP contribution in [0, 0.1) is 11.8 Å². The molecule has 1 aliphatic rings. The number of aliphatic hydroxyl groups is 1. The predicted molar refractivity (Wildman–Crippen MR) is 71.5 cm³/mol. The van der Waals surface area contributed by atoms with Gasteiger partial charge in [-0.15, -0.1) is 0 Å². The molecule has 100 valence electrons. The molecule has 0 aromatic carbocycles. The summed E-state index contributed by atoms with van der Waals surface area (Å²) in [6, 6.07) is 1.92. The van der Waals surface area contributed by atoms with E-state index in [2.05, 4.69) is 11.9 Å². The number of ether oxygens (including phenoxy) is 1. The topological polar surface area (TPSA) is 42.4 Å². The Labute approximate surface area is 109 Å². The molecule has 1 aliphatic carbocycles. The maximum Gasteiger partial charge on any atom is 0.137 e. The Morgan fingerprint density at radius 3 is 2.89 bits per heavy atom. The summed E-state index contributed by atoms with van der Waals surface area (Å²) in [5, 5.41) is 10.4. The van der Waals surface area contributed by atoms with Gasteiger partial charge in [-0.3, -0.25) is 4.98 Å². The van der Waals surface area contributed by atoms with Gasteiger partial charge >= 0.3 is 0 Å². The molecule has 1 aromatic heterocycles. The van der Waals surface area contributed by atoms with Crippen LogP contribution >= 0.6 is 0 Å². The van der Waals surface area contributed by atoms with Crippen molar-refractivity contribution in [1.29, 1.82) is 0 Å². The lowest BCUT2D eigenvalue weighted by Crippen LogP contribution is -2.10. The van der Waals surface area contributed by atoms with Crippen LogP contribution < -0.4 is 4.74 Å². The van der Waals surface area contributed by atoms with Gasteiger partial charge in [0.05, 0.1) is 18.9 Å². The van der Waals surface area contributed by atoms with E-state index in [1.807, 2.05) is 13.0 Å². The van der Waals surface area contributed by atoms with Gasteiger partial charge in [-0.05, 0) is 37.7 Å². The van der Waals surface area contributed by atoms with Gasteiger partial charge in [0.1, 0.15) is 5.75 Å². The molecule has 1 heterocycles. The predicted octanol–water partition coefficient (Wildman–Crippen LogP) is 3.34. The Hall–Kier alpha value is -1.09. The largest absolute Gasteiger partial charge is 0.492 e. The van der Waals surface area contributed by atoms with E-state index in [4.69, 9.17) is 4.74 Å². The van der Waals surface area contributed by atoms with E-state index >= 15 is 0 Å². The third-order valence-electron chi connectivity index (χ3n) is 3.99. The molecular weight excluding hydrogens is 226 g/mol. The summed E-state index contributed by atoms with van der Waals surface area (Å²) >= 11 is 0. The summed E-state index contributed by atoms with van der Waals surface area (Å²) in [5.41, 5.74) is 0.891. The van der Waals surface area contributed by atoms with E-state index in [0.29, 0.717) is 12.5 Å². The Balaban J connectivity index is 2.04. The number of hydrogen-bond donors (Lipinski definition) is 1. The second-order valence-corrected chi connectivity index (χ2v) is 5.18. The lowest BCUT2D eigenvalue weighted by Gasteiger charge is -2.18. The Morgan fingerprint density at radius 1 is 1.39 bits per heavy atom. The number of pyridine rings is 1. The molecule has 3 heteroatoms. The lowest BCUT2D eigenvalue weighted by molar-refractivity contribution is 0.108. The molecule has 0 amide bonds. The third kappa shape index (κ3) is 3.02. The highest BCUT2D eigenvalue weighted by Crippen LogP contribution is 2.40. The van der Waals surface area contributed by atoms with Gasteiger partial charge in [0.15, 0.2) is 0 Å². The second kappa shape index (κ2) is 6.19. The fourth-order valence-electron chi connectivity index (χ4n) is 2.89. The number of rotatable bonds is 5. The summed E-state index contributed by atoms with van der Waals surface area (Å²) in [7, 11) is 0. The third-order valence-corrected chi connectivity index (χ3v) is 3.99. The molecule has 3 nitrogen and oxygen atoms in total. The van der Waals surface area contributed by atoms with E-state index in [9.17, 15) is 5.11 Å². The quantitative estimate of drug-likeness (QED) is 0.870. The van der Waals surface area contributed by atoms with Crippen molar-refractivity contribution < 1.29 is 9.84 Å². The van der Waals surface area contributed by atoms with E-state index in [1.54, 1.807) is 12.4 Å². The maximum absolute atomic E-state index is 10.4. The fraction of sp³-hybridized carbons (Fsp3) is 0.667. The minimum atomic E-state index is -0.394. The molecule has 0 radical (unpaired) electrons. The first-order valence-corrected chi connectivity index (χ1v) is 7.00. The van der Waals surface area contributed by atoms with Crippen LogP contribution in [0.2, 0.25) is 0 Å². The van der Waals surface area contributed by atoms with Crippen LogP contribution in [-0.4, -0.2) is 16.7 Å². The van der Waals surface area contributed by atoms with Crippen molar-refractivity contribution in [2.75, 3.05) is 6.61 Å². The summed E-state index contributed by atoms with van der Waals surface area (Å²) < 4.78 is 5.43. The molecule has 18 heavy (non-hydrogen) atoms. The first-order valence-electron chi connectivity index (χ1n) is 7.00. The van der Waals surface area contributed by atoms with Crippen molar-refractivity contribution in [3.63, 3.8) is 0 Å². The molecule has 0 aliphatic heterocycles. The number of aromatic nitrogens is 1. The summed E-state index contributed by atoms with van der Waals surface area (Å²) in [6.07, 6.45) is 7.79.